The summed E-state index contributed by atoms with van der Waals surface area (Å²) >= 11 is 14.2. The monoisotopic (exact) mass is 586 g/mol. The Hall–Kier alpha value is -2.71. The number of nitrogens with one attached hydrogen (secondary N) is 1. The van der Waals surface area contributed by atoms with Crippen molar-refractivity contribution in [2.75, 3.05) is 11.9 Å². The lowest BCUT2D eigenvalue weighted by atomic mass is 9.87. The highest BCUT2D eigenvalue weighted by atomic mass is 35.5. The van der Waals surface area contributed by atoms with E-state index in [1.54, 1.807) is 0 Å². The molecule has 1 amide bonds. The van der Waals surface area contributed by atoms with Gasteiger partial charge in [-0.05, 0) is 75.3 Å². The minimum absolute atomic E-state index is 0.0860. The first kappa shape index (κ1) is 29.3. The van der Waals surface area contributed by atoms with E-state index in [2.05, 4.69) is 30.4 Å². The third-order valence-electron chi connectivity index (χ3n) is 6.84. The fourth-order valence-electron chi connectivity index (χ4n) is 4.90. The van der Waals surface area contributed by atoms with Gasteiger partial charge in [-0.3, -0.25) is 10.1 Å². The maximum Gasteiger partial charge on any atom is 0.331 e. The maximum atomic E-state index is 13.0. The van der Waals surface area contributed by atoms with E-state index in [1.165, 1.54) is 47.6 Å². The maximum absolute atomic E-state index is 13.0. The summed E-state index contributed by atoms with van der Waals surface area (Å²) in [5, 5.41) is 12.9. The molecule has 0 saturated heterocycles. The highest BCUT2D eigenvalue weighted by Gasteiger charge is 2.24. The number of fused-ring (bicyclic) bond motifs is 3. The SMILES string of the molecule is CCCC(CCc1cccc2c1CCc1sc(NC(=O)c3cc(Cl)c(C=C(C)C(=O)O)c(Cl)c3)nc1-2)OCC. The molecule has 0 saturated carbocycles. The van der Waals surface area contributed by atoms with Crippen LogP contribution in [0.2, 0.25) is 10.0 Å². The van der Waals surface area contributed by atoms with Gasteiger partial charge in [0.2, 0.25) is 0 Å². The number of aliphatic carboxylic acids is 1. The largest absolute Gasteiger partial charge is 0.478 e. The van der Waals surface area contributed by atoms with Crippen molar-refractivity contribution in [1.29, 1.82) is 0 Å². The number of aromatic nitrogens is 1. The van der Waals surface area contributed by atoms with Crippen LogP contribution in [0.15, 0.2) is 35.9 Å². The number of carbonyl (C=O) groups excluding carboxylic acids is 1. The van der Waals surface area contributed by atoms with Gasteiger partial charge >= 0.3 is 5.97 Å². The number of ether oxygens (including phenoxy) is 1. The number of thiazole rings is 1. The Bertz CT molecular complexity index is 1390. The van der Waals surface area contributed by atoms with E-state index in [-0.39, 0.29) is 33.2 Å². The average Bonchev–Trinajstić information content (AvgIpc) is 3.32. The molecule has 9 heteroatoms. The second kappa shape index (κ2) is 13.1. The number of nitrogens with zero attached hydrogens (tertiary/aromatic N) is 1. The molecule has 1 aliphatic rings. The molecule has 0 radical (unpaired) electrons. The van der Waals surface area contributed by atoms with Gasteiger partial charge < -0.3 is 9.84 Å². The van der Waals surface area contributed by atoms with Crippen molar-refractivity contribution in [3.63, 3.8) is 0 Å². The molecule has 1 unspecified atom stereocenters. The van der Waals surface area contributed by atoms with Gasteiger partial charge in [0.05, 0.1) is 21.8 Å². The van der Waals surface area contributed by atoms with E-state index in [0.29, 0.717) is 10.7 Å². The number of hydrogen-bond acceptors (Lipinski definition) is 5. The zero-order valence-electron chi connectivity index (χ0n) is 22.3. The molecule has 206 valence electrons. The van der Waals surface area contributed by atoms with Crippen molar-refractivity contribution in [3.05, 3.63) is 73.1 Å². The van der Waals surface area contributed by atoms with Crippen LogP contribution < -0.4 is 5.32 Å². The number of carbonyl (C=O) groups is 2. The van der Waals surface area contributed by atoms with Crippen molar-refractivity contribution in [2.45, 2.75) is 65.4 Å². The van der Waals surface area contributed by atoms with Gasteiger partial charge in [0.1, 0.15) is 0 Å². The first-order chi connectivity index (χ1) is 18.7. The molecule has 0 spiro atoms. The van der Waals surface area contributed by atoms with Crippen LogP contribution in [0.25, 0.3) is 17.3 Å². The summed E-state index contributed by atoms with van der Waals surface area (Å²) in [7, 11) is 0. The first-order valence-electron chi connectivity index (χ1n) is 13.2. The molecule has 1 heterocycles. The van der Waals surface area contributed by atoms with Crippen LogP contribution in [0.3, 0.4) is 0 Å². The lowest BCUT2D eigenvalue weighted by Crippen LogP contribution is -2.15. The Morgan fingerprint density at radius 3 is 2.59 bits per heavy atom. The summed E-state index contributed by atoms with van der Waals surface area (Å²) in [6, 6.07) is 9.36. The predicted octanol–water partition coefficient (Wildman–Crippen LogP) is 8.09. The van der Waals surface area contributed by atoms with Gasteiger partial charge in [-0.1, -0.05) is 54.7 Å². The molecule has 0 fully saturated rings. The van der Waals surface area contributed by atoms with E-state index in [1.807, 2.05) is 6.92 Å². The smallest absolute Gasteiger partial charge is 0.331 e. The first-order valence-corrected chi connectivity index (χ1v) is 14.7. The van der Waals surface area contributed by atoms with Gasteiger partial charge in [-0.25, -0.2) is 9.78 Å². The molecule has 0 aliphatic heterocycles. The Labute approximate surface area is 243 Å². The highest BCUT2D eigenvalue weighted by molar-refractivity contribution is 7.16. The predicted molar refractivity (Wildman–Crippen MR) is 159 cm³/mol. The van der Waals surface area contributed by atoms with E-state index >= 15 is 0 Å². The van der Waals surface area contributed by atoms with Gasteiger partial charge in [0, 0.05) is 33.7 Å². The Morgan fingerprint density at radius 1 is 1.18 bits per heavy atom. The zero-order chi connectivity index (χ0) is 28.1. The quantitative estimate of drug-likeness (QED) is 0.221. The number of carboxylic acids is 1. The van der Waals surface area contributed by atoms with Gasteiger partial charge in [0.25, 0.3) is 5.91 Å². The summed E-state index contributed by atoms with van der Waals surface area (Å²) in [5.74, 6) is -1.46. The van der Waals surface area contributed by atoms with Crippen LogP contribution in [-0.2, 0) is 28.8 Å². The van der Waals surface area contributed by atoms with Crippen LogP contribution >= 0.6 is 34.5 Å². The molecule has 1 atom stereocenters. The summed E-state index contributed by atoms with van der Waals surface area (Å²) in [5.41, 5.74) is 5.44. The Balaban J connectivity index is 1.53. The van der Waals surface area contributed by atoms with Gasteiger partial charge in [-0.2, -0.15) is 0 Å². The Kier molecular flexibility index (Phi) is 9.83. The minimum Gasteiger partial charge on any atom is -0.478 e. The second-order valence-corrected chi connectivity index (χ2v) is 11.5. The molecule has 3 aromatic rings. The summed E-state index contributed by atoms with van der Waals surface area (Å²) in [4.78, 5) is 30.1. The lowest BCUT2D eigenvalue weighted by molar-refractivity contribution is -0.132. The minimum atomic E-state index is -1.07. The molecular weight excluding hydrogens is 555 g/mol. The summed E-state index contributed by atoms with van der Waals surface area (Å²) in [6.07, 6.45) is 7.63. The van der Waals surface area contributed by atoms with E-state index in [0.717, 1.165) is 61.3 Å². The normalized spacial score (nSPS) is 13.5. The number of benzene rings is 2. The fraction of sp³-hybridized carbons (Fsp3) is 0.367. The van der Waals surface area contributed by atoms with Crippen LogP contribution in [0, 0.1) is 0 Å². The fourth-order valence-corrected chi connectivity index (χ4v) is 6.46. The van der Waals surface area contributed by atoms with Crippen LogP contribution in [-0.4, -0.2) is 34.7 Å². The van der Waals surface area contributed by atoms with E-state index < -0.39 is 5.97 Å². The van der Waals surface area contributed by atoms with Crippen molar-refractivity contribution in [1.82, 2.24) is 4.98 Å². The van der Waals surface area contributed by atoms with Crippen LogP contribution in [0.5, 0.6) is 0 Å². The van der Waals surface area contributed by atoms with Crippen molar-refractivity contribution >= 4 is 57.6 Å². The van der Waals surface area contributed by atoms with Gasteiger partial charge in [-0.15, -0.1) is 11.3 Å². The third kappa shape index (κ3) is 6.90. The molecule has 1 aromatic heterocycles. The molecule has 6 nitrogen and oxygen atoms in total. The number of anilines is 1. The number of amides is 1. The zero-order valence-corrected chi connectivity index (χ0v) is 24.6. The topological polar surface area (TPSA) is 88.5 Å². The molecule has 39 heavy (non-hydrogen) atoms. The molecule has 1 aliphatic carbocycles. The van der Waals surface area contributed by atoms with Crippen molar-refractivity contribution in [2.24, 2.45) is 0 Å². The lowest BCUT2D eigenvalue weighted by Gasteiger charge is -2.21. The molecule has 4 rings (SSSR count). The number of aryl methyl sites for hydroxylation is 2. The second-order valence-electron chi connectivity index (χ2n) is 9.58. The number of halogens is 2. The molecular formula is C30H32Cl2N2O4S. The number of hydrogen-bond donors (Lipinski definition) is 2. The van der Waals surface area contributed by atoms with Crippen LogP contribution in [0.4, 0.5) is 5.13 Å². The molecule has 0 bridgehead atoms. The summed E-state index contributed by atoms with van der Waals surface area (Å²) in [6.45, 7) is 6.42. The van der Waals surface area contributed by atoms with E-state index in [9.17, 15) is 9.59 Å². The number of carboxylic acid groups (broad SMARTS) is 1. The van der Waals surface area contributed by atoms with Crippen molar-refractivity contribution in [3.8, 4) is 11.3 Å². The Morgan fingerprint density at radius 2 is 1.92 bits per heavy atom. The standard InChI is InChI=1S/C30H32Cl2N2O4S/c1-4-7-20(38-5-2)11-10-18-8-6-9-22-21(18)12-13-26-27(22)33-30(39-26)34-28(35)19-15-24(31)23(25(32)16-19)14-17(3)29(36)37/h6,8-9,14-16,20H,4-5,7,10-13H2,1-3H3,(H,36,37)(H,33,34,35). The van der Waals surface area contributed by atoms with E-state index in [4.69, 9.17) is 38.0 Å². The van der Waals surface area contributed by atoms with Crippen molar-refractivity contribution < 1.29 is 19.4 Å². The molecule has 2 aromatic carbocycles. The van der Waals surface area contributed by atoms with Gasteiger partial charge in [0.15, 0.2) is 5.13 Å². The summed E-state index contributed by atoms with van der Waals surface area (Å²) < 4.78 is 5.93. The highest BCUT2D eigenvalue weighted by Crippen LogP contribution is 2.40. The average molecular weight is 588 g/mol. The van der Waals surface area contributed by atoms with Crippen LogP contribution in [0.1, 0.15) is 72.0 Å². The number of rotatable bonds is 11. The third-order valence-corrected chi connectivity index (χ3v) is 8.49. The molecule has 2 N–H and O–H groups in total.